The van der Waals surface area contributed by atoms with Crippen LogP contribution in [-0.4, -0.2) is 15.6 Å². The predicted molar refractivity (Wildman–Crippen MR) is 93.1 cm³/mol. The maximum absolute atomic E-state index is 10.4. The van der Waals surface area contributed by atoms with E-state index in [4.69, 9.17) is 33.0 Å². The van der Waals surface area contributed by atoms with E-state index in [2.05, 4.69) is 48.5 Å². The molecule has 0 aliphatic carbocycles. The van der Waals surface area contributed by atoms with Crippen molar-refractivity contribution in [1.82, 2.24) is 0 Å². The van der Waals surface area contributed by atoms with Gasteiger partial charge in [0.1, 0.15) is 5.75 Å². The topological polar surface area (TPSA) is 46.5 Å². The molecule has 1 N–H and O–H groups in total. The van der Waals surface area contributed by atoms with E-state index in [1.807, 2.05) is 0 Å². The van der Waals surface area contributed by atoms with Crippen molar-refractivity contribution in [2.75, 3.05) is 0 Å². The minimum absolute atomic E-state index is 0.301. The highest BCUT2D eigenvalue weighted by Crippen LogP contribution is 2.26. The molecule has 0 saturated carbocycles. The third-order valence-corrected chi connectivity index (χ3v) is 3.37. The molecule has 0 spiro atoms. The molecular weight excluding hydrogens is 335 g/mol. The van der Waals surface area contributed by atoms with Gasteiger partial charge in [-0.3, -0.25) is 0 Å². The maximum Gasteiger partial charge on any atom is 0.381 e. The Kier molecular flexibility index (Phi) is 5.85. The van der Waals surface area contributed by atoms with E-state index in [9.17, 15) is 4.79 Å². The summed E-state index contributed by atoms with van der Waals surface area (Å²) in [6.07, 6.45) is 0. The van der Waals surface area contributed by atoms with Crippen molar-refractivity contribution < 1.29 is 14.6 Å². The fraction of sp³-hybridized carbons (Fsp3) is 0.0556. The Morgan fingerprint density at radius 1 is 0.783 bits per heavy atom. The molecule has 0 radical (unpaired) electrons. The van der Waals surface area contributed by atoms with Gasteiger partial charge in [0.05, 0.1) is 0 Å². The second kappa shape index (κ2) is 7.86. The first-order chi connectivity index (χ1) is 11.0. The number of carboxylic acids is 1. The molecule has 0 fully saturated rings. The van der Waals surface area contributed by atoms with Gasteiger partial charge in [-0.05, 0) is 46.1 Å². The van der Waals surface area contributed by atoms with E-state index in [0.717, 1.165) is 0 Å². The fourth-order valence-corrected chi connectivity index (χ4v) is 1.99. The number of aliphatic carboxylic acids is 1. The summed E-state index contributed by atoms with van der Waals surface area (Å²) < 4.78 is 2.56. The zero-order chi connectivity index (χ0) is 16.7. The SMILES string of the molecule is O=C(O)C(Cl)(Cl)Oc1ccccc1.c1ccc2ccccc2c1. The summed E-state index contributed by atoms with van der Waals surface area (Å²) in [4.78, 5) is 10.4. The first-order valence-corrected chi connectivity index (χ1v) is 7.54. The third-order valence-electron chi connectivity index (χ3n) is 2.90. The molecule has 3 nitrogen and oxygen atoms in total. The maximum atomic E-state index is 10.4. The number of rotatable bonds is 3. The van der Waals surface area contributed by atoms with Crippen LogP contribution in [0.4, 0.5) is 0 Å². The molecule has 3 aromatic rings. The summed E-state index contributed by atoms with van der Waals surface area (Å²) in [5, 5.41) is 11.1. The quantitative estimate of drug-likeness (QED) is 0.668. The Labute approximate surface area is 144 Å². The van der Waals surface area contributed by atoms with Crippen LogP contribution in [0.25, 0.3) is 10.8 Å². The number of benzene rings is 3. The molecule has 3 aromatic carbocycles. The Balaban J connectivity index is 0.000000172. The number of hydrogen-bond acceptors (Lipinski definition) is 2. The van der Waals surface area contributed by atoms with Crippen LogP contribution in [0, 0.1) is 0 Å². The van der Waals surface area contributed by atoms with E-state index in [-0.39, 0.29) is 0 Å². The molecule has 0 aliphatic rings. The van der Waals surface area contributed by atoms with Crippen molar-refractivity contribution >= 4 is 39.9 Å². The lowest BCUT2D eigenvalue weighted by atomic mass is 10.1. The summed E-state index contributed by atoms with van der Waals surface area (Å²) in [6, 6.07) is 25.0. The molecule has 0 bridgehead atoms. The van der Waals surface area contributed by atoms with Gasteiger partial charge in [0, 0.05) is 0 Å². The normalized spacial score (nSPS) is 10.5. The number of ether oxygens (including phenoxy) is 1. The molecule has 23 heavy (non-hydrogen) atoms. The van der Waals surface area contributed by atoms with Crippen LogP contribution in [0.2, 0.25) is 0 Å². The largest absolute Gasteiger partial charge is 0.476 e. The zero-order valence-corrected chi connectivity index (χ0v) is 13.5. The number of fused-ring (bicyclic) bond motifs is 1. The Bertz CT molecular complexity index is 708. The van der Waals surface area contributed by atoms with Crippen LogP contribution in [-0.2, 0) is 4.79 Å². The number of carbonyl (C=O) groups is 1. The summed E-state index contributed by atoms with van der Waals surface area (Å²) in [5.74, 6) is -1.14. The Morgan fingerprint density at radius 3 is 1.57 bits per heavy atom. The zero-order valence-electron chi connectivity index (χ0n) is 12.0. The second-order valence-electron chi connectivity index (χ2n) is 4.58. The van der Waals surface area contributed by atoms with Crippen LogP contribution in [0.1, 0.15) is 0 Å². The number of hydrogen-bond donors (Lipinski definition) is 1. The van der Waals surface area contributed by atoms with Crippen molar-refractivity contribution in [1.29, 1.82) is 0 Å². The van der Waals surface area contributed by atoms with Gasteiger partial charge in [0.2, 0.25) is 0 Å². The number of carboxylic acid groups (broad SMARTS) is 1. The smallest absolute Gasteiger partial charge is 0.381 e. The van der Waals surface area contributed by atoms with Crippen LogP contribution in [0.15, 0.2) is 78.9 Å². The molecule has 0 heterocycles. The molecule has 5 heteroatoms. The average molecular weight is 349 g/mol. The lowest BCUT2D eigenvalue weighted by Crippen LogP contribution is -2.32. The lowest BCUT2D eigenvalue weighted by Gasteiger charge is -2.15. The van der Waals surface area contributed by atoms with E-state index in [1.165, 1.54) is 10.8 Å². The molecule has 118 valence electrons. The van der Waals surface area contributed by atoms with Gasteiger partial charge in [-0.2, -0.15) is 0 Å². The van der Waals surface area contributed by atoms with Gasteiger partial charge in [-0.1, -0.05) is 66.7 Å². The number of alkyl halides is 2. The standard InChI is InChI=1S/C10H8.C8H6Cl2O3/c1-2-6-10-8-4-3-7-9(10)5-1;9-8(10,7(11)12)13-6-4-2-1-3-5-6/h1-8H;1-5H,(H,11,12). The van der Waals surface area contributed by atoms with Crippen molar-refractivity contribution in [2.24, 2.45) is 0 Å². The number of halogens is 2. The summed E-state index contributed by atoms with van der Waals surface area (Å²) in [5.41, 5.74) is 0. The molecule has 0 saturated heterocycles. The molecule has 0 amide bonds. The van der Waals surface area contributed by atoms with Crippen LogP contribution < -0.4 is 4.74 Å². The minimum atomic E-state index is -2.23. The van der Waals surface area contributed by atoms with Crippen molar-refractivity contribution in [3.8, 4) is 5.75 Å². The first kappa shape index (κ1) is 17.1. The highest BCUT2D eigenvalue weighted by molar-refractivity contribution is 6.56. The molecule has 0 atom stereocenters. The van der Waals surface area contributed by atoms with Gasteiger partial charge in [0.15, 0.2) is 0 Å². The van der Waals surface area contributed by atoms with E-state index in [0.29, 0.717) is 5.75 Å². The highest BCUT2D eigenvalue weighted by atomic mass is 35.5. The Morgan fingerprint density at radius 2 is 1.17 bits per heavy atom. The van der Waals surface area contributed by atoms with Crippen LogP contribution in [0.5, 0.6) is 5.75 Å². The van der Waals surface area contributed by atoms with E-state index in [1.54, 1.807) is 30.3 Å². The molecule has 0 unspecified atom stereocenters. The van der Waals surface area contributed by atoms with Crippen molar-refractivity contribution in [3.63, 3.8) is 0 Å². The van der Waals surface area contributed by atoms with Gasteiger partial charge < -0.3 is 9.84 Å². The lowest BCUT2D eigenvalue weighted by molar-refractivity contribution is -0.143. The van der Waals surface area contributed by atoms with E-state index < -0.39 is 10.5 Å². The Hall–Kier alpha value is -2.23. The van der Waals surface area contributed by atoms with Gasteiger partial charge in [-0.15, -0.1) is 0 Å². The van der Waals surface area contributed by atoms with Crippen LogP contribution in [0.3, 0.4) is 0 Å². The summed E-state index contributed by atoms with van der Waals surface area (Å²) in [7, 11) is 0. The molecular formula is C18H14Cl2O3. The highest BCUT2D eigenvalue weighted by Gasteiger charge is 2.36. The monoisotopic (exact) mass is 348 g/mol. The summed E-state index contributed by atoms with van der Waals surface area (Å²) >= 11 is 10.7. The predicted octanol–water partition coefficient (Wildman–Crippen LogP) is 5.12. The molecule has 3 rings (SSSR count). The average Bonchev–Trinajstić information content (AvgIpc) is 2.56. The fourth-order valence-electron chi connectivity index (χ4n) is 1.81. The second-order valence-corrected chi connectivity index (χ2v) is 5.84. The van der Waals surface area contributed by atoms with Gasteiger partial charge in [0.25, 0.3) is 0 Å². The van der Waals surface area contributed by atoms with E-state index >= 15 is 0 Å². The van der Waals surface area contributed by atoms with Gasteiger partial charge >= 0.3 is 10.5 Å². The molecule has 0 aromatic heterocycles. The van der Waals surface area contributed by atoms with Gasteiger partial charge in [-0.25, -0.2) is 4.79 Å². The third kappa shape index (κ3) is 5.16. The minimum Gasteiger partial charge on any atom is -0.476 e. The number of para-hydroxylation sites is 1. The first-order valence-electron chi connectivity index (χ1n) is 6.78. The van der Waals surface area contributed by atoms with Crippen LogP contribution >= 0.6 is 23.2 Å². The summed E-state index contributed by atoms with van der Waals surface area (Å²) in [6.45, 7) is 0. The van der Waals surface area contributed by atoms with Crippen molar-refractivity contribution in [2.45, 2.75) is 4.52 Å². The van der Waals surface area contributed by atoms with Crippen molar-refractivity contribution in [3.05, 3.63) is 78.9 Å². The molecule has 0 aliphatic heterocycles.